The fourth-order valence-electron chi connectivity index (χ4n) is 1.88. The maximum atomic E-state index is 5.73. The maximum absolute atomic E-state index is 5.73. The van der Waals surface area contributed by atoms with E-state index in [0.717, 1.165) is 38.0 Å². The van der Waals surface area contributed by atoms with Gasteiger partial charge < -0.3 is 10.6 Å². The smallest absolute Gasteiger partial charge is 0.0784 e. The molecule has 1 heterocycles. The Kier molecular flexibility index (Phi) is 6.38. The fourth-order valence-corrected chi connectivity index (χ4v) is 1.98. The van der Waals surface area contributed by atoms with Crippen molar-refractivity contribution in [3.8, 4) is 0 Å². The van der Waals surface area contributed by atoms with Crippen LogP contribution in [0.2, 0.25) is 0 Å². The molecule has 106 valence electrons. The molecule has 0 saturated carbocycles. The van der Waals surface area contributed by atoms with Gasteiger partial charge in [-0.15, -0.1) is 0 Å². The number of likely N-dealkylation sites (N-methyl/N-ethyl adjacent to an activating group) is 1. The van der Waals surface area contributed by atoms with E-state index in [0.29, 0.717) is 4.99 Å². The molecule has 0 saturated heterocycles. The van der Waals surface area contributed by atoms with Gasteiger partial charge in [0.1, 0.15) is 0 Å². The van der Waals surface area contributed by atoms with Gasteiger partial charge in [0, 0.05) is 30.3 Å². The monoisotopic (exact) mass is 279 g/mol. The van der Waals surface area contributed by atoms with Gasteiger partial charge in [0.2, 0.25) is 0 Å². The van der Waals surface area contributed by atoms with Gasteiger partial charge in [0.05, 0.1) is 4.99 Å². The Hall–Kier alpha value is -1.00. The highest BCUT2D eigenvalue weighted by molar-refractivity contribution is 7.80. The first-order valence-corrected chi connectivity index (χ1v) is 7.21. The van der Waals surface area contributed by atoms with Crippen molar-refractivity contribution >= 4 is 17.2 Å². The Morgan fingerprint density at radius 1 is 1.37 bits per heavy atom. The van der Waals surface area contributed by atoms with Crippen LogP contribution in [-0.2, 0) is 6.42 Å². The van der Waals surface area contributed by atoms with E-state index in [1.54, 1.807) is 0 Å². The lowest BCUT2D eigenvalue weighted by atomic mass is 9.88. The summed E-state index contributed by atoms with van der Waals surface area (Å²) >= 11 is 5.08. The molecule has 0 aliphatic rings. The first-order valence-electron chi connectivity index (χ1n) is 6.80. The molecule has 2 N–H and O–H groups in total. The second kappa shape index (κ2) is 7.56. The molecular weight excluding hydrogens is 254 g/mol. The third-order valence-electron chi connectivity index (χ3n) is 3.48. The van der Waals surface area contributed by atoms with Gasteiger partial charge in [-0.05, 0) is 38.6 Å². The number of hydrogen-bond donors (Lipinski definition) is 1. The van der Waals surface area contributed by atoms with E-state index < -0.39 is 0 Å². The predicted molar refractivity (Wildman–Crippen MR) is 85.2 cm³/mol. The molecule has 3 nitrogen and oxygen atoms in total. The van der Waals surface area contributed by atoms with Gasteiger partial charge in [-0.2, -0.15) is 0 Å². The minimum atomic E-state index is -0.0306. The van der Waals surface area contributed by atoms with Crippen molar-refractivity contribution in [3.63, 3.8) is 0 Å². The zero-order valence-electron chi connectivity index (χ0n) is 12.2. The summed E-state index contributed by atoms with van der Waals surface area (Å²) in [5.74, 6) is 0. The molecule has 0 unspecified atom stereocenters. The molecule has 1 rings (SSSR count). The molecule has 0 bridgehead atoms. The molecule has 0 spiro atoms. The number of rotatable bonds is 8. The molecule has 0 fully saturated rings. The Labute approximate surface area is 122 Å². The summed E-state index contributed by atoms with van der Waals surface area (Å²) in [7, 11) is 2.15. The molecule has 0 aromatic carbocycles. The quantitative estimate of drug-likeness (QED) is 0.743. The van der Waals surface area contributed by atoms with Gasteiger partial charge in [0.25, 0.3) is 0 Å². The van der Waals surface area contributed by atoms with E-state index in [2.05, 4.69) is 36.8 Å². The first-order chi connectivity index (χ1) is 8.92. The molecule has 0 amide bonds. The minimum absolute atomic E-state index is 0.0306. The summed E-state index contributed by atoms with van der Waals surface area (Å²) in [4.78, 5) is 7.29. The van der Waals surface area contributed by atoms with E-state index in [1.165, 1.54) is 0 Å². The van der Waals surface area contributed by atoms with Crippen LogP contribution in [0.15, 0.2) is 24.4 Å². The number of hydrogen-bond acceptors (Lipinski definition) is 3. The first kappa shape index (κ1) is 16.1. The predicted octanol–water partition coefficient (Wildman–Crippen LogP) is 2.65. The molecule has 1 aromatic rings. The number of aromatic nitrogens is 1. The normalized spacial score (nSPS) is 11.8. The van der Waals surface area contributed by atoms with Crippen molar-refractivity contribution < 1.29 is 0 Å². The zero-order valence-corrected chi connectivity index (χ0v) is 13.0. The number of pyridine rings is 1. The highest BCUT2D eigenvalue weighted by Crippen LogP contribution is 2.22. The Morgan fingerprint density at radius 3 is 2.68 bits per heavy atom. The molecule has 0 atom stereocenters. The van der Waals surface area contributed by atoms with Crippen LogP contribution in [0.1, 0.15) is 32.4 Å². The average Bonchev–Trinajstić information content (AvgIpc) is 2.37. The van der Waals surface area contributed by atoms with Gasteiger partial charge in [-0.25, -0.2) is 0 Å². The lowest BCUT2D eigenvalue weighted by Crippen LogP contribution is -2.31. The maximum Gasteiger partial charge on any atom is 0.0784 e. The van der Waals surface area contributed by atoms with Crippen LogP contribution in [0, 0.1) is 5.41 Å². The molecular formula is C15H25N3S. The van der Waals surface area contributed by atoms with Crippen molar-refractivity contribution in [1.29, 1.82) is 0 Å². The summed E-state index contributed by atoms with van der Waals surface area (Å²) in [6, 6.07) is 6.06. The molecule has 19 heavy (non-hydrogen) atoms. The van der Waals surface area contributed by atoms with Crippen LogP contribution in [0.4, 0.5) is 0 Å². The van der Waals surface area contributed by atoms with Crippen LogP contribution in [-0.4, -0.2) is 35.0 Å². The van der Waals surface area contributed by atoms with Gasteiger partial charge in [-0.1, -0.05) is 32.1 Å². The summed E-state index contributed by atoms with van der Waals surface area (Å²) < 4.78 is 0. The number of thiocarbonyl (C=S) groups is 1. The van der Waals surface area contributed by atoms with E-state index >= 15 is 0 Å². The van der Waals surface area contributed by atoms with Gasteiger partial charge in [0.15, 0.2) is 0 Å². The second-order valence-electron chi connectivity index (χ2n) is 5.73. The van der Waals surface area contributed by atoms with Crippen LogP contribution >= 0.6 is 12.2 Å². The summed E-state index contributed by atoms with van der Waals surface area (Å²) in [5, 5.41) is 0. The third kappa shape index (κ3) is 6.12. The van der Waals surface area contributed by atoms with Crippen molar-refractivity contribution in [1.82, 2.24) is 9.88 Å². The SMILES string of the molecule is CN(CCCC(C)(C)C(N)=S)CCc1ccccn1. The lowest BCUT2D eigenvalue weighted by Gasteiger charge is -2.24. The van der Waals surface area contributed by atoms with Crippen LogP contribution in [0.5, 0.6) is 0 Å². The molecule has 0 aliphatic carbocycles. The van der Waals surface area contributed by atoms with E-state index in [1.807, 2.05) is 18.3 Å². The third-order valence-corrected chi connectivity index (χ3v) is 4.04. The average molecular weight is 279 g/mol. The Balaban J connectivity index is 2.22. The molecule has 0 aliphatic heterocycles. The minimum Gasteiger partial charge on any atom is -0.393 e. The van der Waals surface area contributed by atoms with E-state index in [-0.39, 0.29) is 5.41 Å². The molecule has 4 heteroatoms. The number of nitrogens with two attached hydrogens (primary N) is 1. The lowest BCUT2D eigenvalue weighted by molar-refractivity contribution is 0.310. The Morgan fingerprint density at radius 2 is 2.11 bits per heavy atom. The van der Waals surface area contributed by atoms with Crippen molar-refractivity contribution in [2.45, 2.75) is 33.1 Å². The zero-order chi connectivity index (χ0) is 14.3. The standard InChI is InChI=1S/C15H25N3S/c1-15(2,14(16)19)9-6-11-18(3)12-8-13-7-4-5-10-17-13/h4-5,7,10H,6,8-9,11-12H2,1-3H3,(H2,16,19). The molecule has 0 radical (unpaired) electrons. The van der Waals surface area contributed by atoms with E-state index in [4.69, 9.17) is 18.0 Å². The Bertz CT molecular complexity index is 390. The van der Waals surface area contributed by atoms with Crippen LogP contribution in [0.25, 0.3) is 0 Å². The van der Waals surface area contributed by atoms with Gasteiger partial charge in [-0.3, -0.25) is 4.98 Å². The highest BCUT2D eigenvalue weighted by Gasteiger charge is 2.20. The van der Waals surface area contributed by atoms with Crippen LogP contribution < -0.4 is 5.73 Å². The van der Waals surface area contributed by atoms with Crippen molar-refractivity contribution in [3.05, 3.63) is 30.1 Å². The van der Waals surface area contributed by atoms with Crippen LogP contribution in [0.3, 0.4) is 0 Å². The highest BCUT2D eigenvalue weighted by atomic mass is 32.1. The topological polar surface area (TPSA) is 42.1 Å². The summed E-state index contributed by atoms with van der Waals surface area (Å²) in [6.07, 6.45) is 5.00. The van der Waals surface area contributed by atoms with Crippen molar-refractivity contribution in [2.75, 3.05) is 20.1 Å². The van der Waals surface area contributed by atoms with Gasteiger partial charge >= 0.3 is 0 Å². The fraction of sp³-hybridized carbons (Fsp3) is 0.600. The largest absolute Gasteiger partial charge is 0.393 e. The summed E-state index contributed by atoms with van der Waals surface area (Å²) in [5.41, 5.74) is 6.85. The van der Waals surface area contributed by atoms with Crippen molar-refractivity contribution in [2.24, 2.45) is 11.1 Å². The number of nitrogens with zero attached hydrogens (tertiary/aromatic N) is 2. The summed E-state index contributed by atoms with van der Waals surface area (Å²) in [6.45, 7) is 6.33. The second-order valence-corrected chi connectivity index (χ2v) is 6.17. The molecule has 1 aromatic heterocycles. The van der Waals surface area contributed by atoms with E-state index in [9.17, 15) is 0 Å².